The Hall–Kier alpha value is -0.730. The van der Waals surface area contributed by atoms with E-state index in [-0.39, 0.29) is 6.04 Å². The molecule has 0 radical (unpaired) electrons. The predicted octanol–water partition coefficient (Wildman–Crippen LogP) is 4.80. The molecule has 1 aromatic rings. The molecule has 3 heteroatoms. The number of ether oxygens (including phenoxy) is 1. The Morgan fingerprint density at radius 3 is 2.37 bits per heavy atom. The summed E-state index contributed by atoms with van der Waals surface area (Å²) < 4.78 is 5.63. The van der Waals surface area contributed by atoms with E-state index in [1.54, 1.807) is 0 Å². The highest BCUT2D eigenvalue weighted by molar-refractivity contribution is 6.30. The minimum absolute atomic E-state index is 0.127. The van der Waals surface area contributed by atoms with E-state index in [1.165, 1.54) is 38.5 Å². The van der Waals surface area contributed by atoms with E-state index in [0.29, 0.717) is 6.61 Å². The van der Waals surface area contributed by atoms with Gasteiger partial charge in [0.15, 0.2) is 0 Å². The smallest absolute Gasteiger partial charge is 0.119 e. The highest BCUT2D eigenvalue weighted by atomic mass is 35.5. The Bertz CT molecular complexity index is 326. The Morgan fingerprint density at radius 1 is 1.05 bits per heavy atom. The van der Waals surface area contributed by atoms with Gasteiger partial charge in [0.1, 0.15) is 12.4 Å². The molecule has 19 heavy (non-hydrogen) atoms. The van der Waals surface area contributed by atoms with Crippen molar-refractivity contribution in [3.63, 3.8) is 0 Å². The molecular weight excluding hydrogens is 258 g/mol. The van der Waals surface area contributed by atoms with Gasteiger partial charge in [-0.3, -0.25) is 0 Å². The molecule has 0 saturated carbocycles. The van der Waals surface area contributed by atoms with Gasteiger partial charge < -0.3 is 10.5 Å². The van der Waals surface area contributed by atoms with Gasteiger partial charge in [-0.1, -0.05) is 57.0 Å². The number of rotatable bonds is 10. The lowest BCUT2D eigenvalue weighted by molar-refractivity contribution is 0.279. The topological polar surface area (TPSA) is 35.2 Å². The van der Waals surface area contributed by atoms with Crippen LogP contribution in [0.4, 0.5) is 0 Å². The van der Waals surface area contributed by atoms with Gasteiger partial charge in [0.05, 0.1) is 0 Å². The minimum Gasteiger partial charge on any atom is -0.492 e. The third-order valence-corrected chi connectivity index (χ3v) is 3.46. The molecular formula is C16H26ClNO. The molecule has 1 unspecified atom stereocenters. The zero-order valence-electron chi connectivity index (χ0n) is 11.9. The second-order valence-electron chi connectivity index (χ2n) is 5.08. The lowest BCUT2D eigenvalue weighted by atomic mass is 10.1. The number of halogens is 1. The number of hydrogen-bond acceptors (Lipinski definition) is 2. The van der Waals surface area contributed by atoms with Gasteiger partial charge in [-0.05, 0) is 30.7 Å². The molecule has 108 valence electrons. The Kier molecular flexibility index (Phi) is 8.68. The van der Waals surface area contributed by atoms with Crippen molar-refractivity contribution in [2.75, 3.05) is 6.61 Å². The van der Waals surface area contributed by atoms with Crippen molar-refractivity contribution >= 4 is 11.6 Å². The number of hydrogen-bond donors (Lipinski definition) is 1. The Balaban J connectivity index is 2.04. The molecule has 0 fully saturated rings. The summed E-state index contributed by atoms with van der Waals surface area (Å²) in [5.41, 5.74) is 6.04. The molecule has 0 aliphatic heterocycles. The van der Waals surface area contributed by atoms with Crippen LogP contribution in [0.3, 0.4) is 0 Å². The van der Waals surface area contributed by atoms with Gasteiger partial charge in [0.2, 0.25) is 0 Å². The van der Waals surface area contributed by atoms with E-state index in [4.69, 9.17) is 22.1 Å². The van der Waals surface area contributed by atoms with Crippen LogP contribution >= 0.6 is 11.6 Å². The summed E-state index contributed by atoms with van der Waals surface area (Å²) in [7, 11) is 0. The average Bonchev–Trinajstić information content (AvgIpc) is 2.42. The van der Waals surface area contributed by atoms with Crippen molar-refractivity contribution in [2.24, 2.45) is 5.73 Å². The summed E-state index contributed by atoms with van der Waals surface area (Å²) in [5, 5.41) is 0.726. The maximum absolute atomic E-state index is 6.04. The zero-order valence-corrected chi connectivity index (χ0v) is 12.7. The summed E-state index contributed by atoms with van der Waals surface area (Å²) in [4.78, 5) is 0. The number of unbranched alkanes of at least 4 members (excludes halogenated alkanes) is 5. The fraction of sp³-hybridized carbons (Fsp3) is 0.625. The summed E-state index contributed by atoms with van der Waals surface area (Å²) in [6, 6.07) is 7.54. The normalized spacial score (nSPS) is 12.4. The quantitative estimate of drug-likeness (QED) is 0.626. The second kappa shape index (κ2) is 10.1. The van der Waals surface area contributed by atoms with Crippen LogP contribution in [0.2, 0.25) is 5.02 Å². The van der Waals surface area contributed by atoms with E-state index in [1.807, 2.05) is 24.3 Å². The van der Waals surface area contributed by atoms with Gasteiger partial charge in [0, 0.05) is 11.1 Å². The molecule has 0 aliphatic carbocycles. The minimum atomic E-state index is 0.127. The van der Waals surface area contributed by atoms with E-state index in [2.05, 4.69) is 6.92 Å². The standard InChI is InChI=1S/C16H26ClNO/c1-2-3-4-5-6-7-8-15(18)13-19-16-11-9-14(17)10-12-16/h9-12,15H,2-8,13,18H2,1H3. The molecule has 0 aromatic heterocycles. The Morgan fingerprint density at radius 2 is 1.68 bits per heavy atom. The highest BCUT2D eigenvalue weighted by Gasteiger charge is 2.03. The lowest BCUT2D eigenvalue weighted by Gasteiger charge is -2.13. The van der Waals surface area contributed by atoms with Crippen molar-refractivity contribution in [3.05, 3.63) is 29.3 Å². The van der Waals surface area contributed by atoms with Crippen LogP contribution in [0.25, 0.3) is 0 Å². The van der Waals surface area contributed by atoms with Gasteiger partial charge >= 0.3 is 0 Å². The average molecular weight is 284 g/mol. The van der Waals surface area contributed by atoms with Crippen LogP contribution in [-0.4, -0.2) is 12.6 Å². The van der Waals surface area contributed by atoms with Crippen LogP contribution in [-0.2, 0) is 0 Å². The first-order valence-corrected chi connectivity index (χ1v) is 7.74. The highest BCUT2D eigenvalue weighted by Crippen LogP contribution is 2.16. The van der Waals surface area contributed by atoms with E-state index in [9.17, 15) is 0 Å². The van der Waals surface area contributed by atoms with E-state index in [0.717, 1.165) is 17.2 Å². The molecule has 2 N–H and O–H groups in total. The van der Waals surface area contributed by atoms with Gasteiger partial charge in [-0.2, -0.15) is 0 Å². The second-order valence-corrected chi connectivity index (χ2v) is 5.52. The predicted molar refractivity (Wildman–Crippen MR) is 82.9 cm³/mol. The zero-order chi connectivity index (χ0) is 13.9. The lowest BCUT2D eigenvalue weighted by Crippen LogP contribution is -2.27. The first-order valence-electron chi connectivity index (χ1n) is 7.36. The fourth-order valence-electron chi connectivity index (χ4n) is 2.00. The van der Waals surface area contributed by atoms with Crippen molar-refractivity contribution < 1.29 is 4.74 Å². The van der Waals surface area contributed by atoms with Crippen LogP contribution in [0, 0.1) is 0 Å². The van der Waals surface area contributed by atoms with Crippen molar-refractivity contribution in [2.45, 2.75) is 57.9 Å². The summed E-state index contributed by atoms with van der Waals surface area (Å²) >= 11 is 5.81. The molecule has 1 atom stereocenters. The molecule has 2 nitrogen and oxygen atoms in total. The molecule has 0 bridgehead atoms. The maximum atomic E-state index is 6.04. The largest absolute Gasteiger partial charge is 0.492 e. The van der Waals surface area contributed by atoms with Crippen LogP contribution in [0.1, 0.15) is 51.9 Å². The first-order chi connectivity index (χ1) is 9.22. The summed E-state index contributed by atoms with van der Waals surface area (Å²) in [6.45, 7) is 2.82. The number of benzene rings is 1. The van der Waals surface area contributed by atoms with Crippen LogP contribution in [0.5, 0.6) is 5.75 Å². The molecule has 0 aliphatic rings. The first kappa shape index (κ1) is 16.3. The third-order valence-electron chi connectivity index (χ3n) is 3.21. The molecule has 0 amide bonds. The third kappa shape index (κ3) is 8.12. The molecule has 0 spiro atoms. The van der Waals surface area contributed by atoms with Gasteiger partial charge in [-0.15, -0.1) is 0 Å². The van der Waals surface area contributed by atoms with E-state index < -0.39 is 0 Å². The maximum Gasteiger partial charge on any atom is 0.119 e. The van der Waals surface area contributed by atoms with E-state index >= 15 is 0 Å². The molecule has 0 saturated heterocycles. The van der Waals surface area contributed by atoms with Gasteiger partial charge in [-0.25, -0.2) is 0 Å². The molecule has 1 rings (SSSR count). The fourth-order valence-corrected chi connectivity index (χ4v) is 2.13. The molecule has 1 aromatic carbocycles. The van der Waals surface area contributed by atoms with Crippen molar-refractivity contribution in [3.8, 4) is 5.75 Å². The SMILES string of the molecule is CCCCCCCCC(N)COc1ccc(Cl)cc1. The Labute approximate surface area is 122 Å². The van der Waals surface area contributed by atoms with Crippen LogP contribution in [0.15, 0.2) is 24.3 Å². The number of nitrogens with two attached hydrogens (primary N) is 1. The molecule has 0 heterocycles. The van der Waals surface area contributed by atoms with Gasteiger partial charge in [0.25, 0.3) is 0 Å². The monoisotopic (exact) mass is 283 g/mol. The summed E-state index contributed by atoms with van der Waals surface area (Å²) in [5.74, 6) is 0.836. The van der Waals surface area contributed by atoms with Crippen molar-refractivity contribution in [1.82, 2.24) is 0 Å². The van der Waals surface area contributed by atoms with Crippen molar-refractivity contribution in [1.29, 1.82) is 0 Å². The summed E-state index contributed by atoms with van der Waals surface area (Å²) in [6.07, 6.45) is 8.87. The van der Waals surface area contributed by atoms with Crippen LogP contribution < -0.4 is 10.5 Å².